The fraction of sp³-hybridized carbons (Fsp3) is 0.333. The topological polar surface area (TPSA) is 104 Å². The Morgan fingerprint density at radius 2 is 2.00 bits per heavy atom. The number of nitrogens with zero attached hydrogens (tertiary/aromatic N) is 2. The Kier molecular flexibility index (Phi) is 4.80. The standard InChI is InChI=1S/C21H20N4O3/c1-23-21(27)18-8-14(20(26)25-19-16-10-28-11-17(16)19)7-15(24-18)6-12-3-2-4-13(5-12)9-22/h2-5,7-8,16-17,19H,6,10-11H2,1H3,(H,23,27)(H,25,26)/t16-,17+,19+. The second-order valence-electron chi connectivity index (χ2n) is 7.16. The van der Waals surface area contributed by atoms with E-state index >= 15 is 0 Å². The van der Waals surface area contributed by atoms with Gasteiger partial charge in [-0.3, -0.25) is 9.59 Å². The van der Waals surface area contributed by atoms with E-state index in [1.54, 1.807) is 24.3 Å². The first kappa shape index (κ1) is 18.1. The molecule has 3 atom stereocenters. The second kappa shape index (κ2) is 7.41. The maximum Gasteiger partial charge on any atom is 0.269 e. The van der Waals surface area contributed by atoms with Gasteiger partial charge in [-0.2, -0.15) is 5.26 Å². The molecule has 2 aliphatic rings. The van der Waals surface area contributed by atoms with Crippen molar-refractivity contribution in [1.82, 2.24) is 15.6 Å². The fourth-order valence-corrected chi connectivity index (χ4v) is 3.70. The SMILES string of the molecule is CNC(=O)c1cc(C(=O)N[C@H]2[C@@H]3COC[C@@H]32)cc(Cc2cccc(C#N)c2)n1. The number of fused-ring (bicyclic) bond motifs is 1. The van der Waals surface area contributed by atoms with E-state index in [0.717, 1.165) is 5.56 Å². The number of carbonyl (C=O) groups is 2. The number of benzene rings is 1. The second-order valence-corrected chi connectivity index (χ2v) is 7.16. The van der Waals surface area contributed by atoms with Gasteiger partial charge in [0.05, 0.1) is 24.8 Å². The predicted octanol–water partition coefficient (Wildman–Crippen LogP) is 1.28. The highest BCUT2D eigenvalue weighted by atomic mass is 16.5. The lowest BCUT2D eigenvalue weighted by Crippen LogP contribution is -2.30. The molecule has 1 aliphatic carbocycles. The van der Waals surface area contributed by atoms with Crippen LogP contribution >= 0.6 is 0 Å². The van der Waals surface area contributed by atoms with Crippen molar-refractivity contribution in [1.29, 1.82) is 5.26 Å². The molecule has 0 spiro atoms. The molecule has 0 radical (unpaired) electrons. The lowest BCUT2D eigenvalue weighted by Gasteiger charge is -2.11. The van der Waals surface area contributed by atoms with Crippen LogP contribution in [-0.2, 0) is 11.2 Å². The van der Waals surface area contributed by atoms with Crippen LogP contribution in [0.3, 0.4) is 0 Å². The Bertz CT molecular complexity index is 972. The van der Waals surface area contributed by atoms with Crippen molar-refractivity contribution >= 4 is 11.8 Å². The fourth-order valence-electron chi connectivity index (χ4n) is 3.70. The molecule has 1 aromatic carbocycles. The van der Waals surface area contributed by atoms with Crippen LogP contribution in [0.15, 0.2) is 36.4 Å². The number of hydrogen-bond acceptors (Lipinski definition) is 5. The summed E-state index contributed by atoms with van der Waals surface area (Å²) in [5.74, 6) is 0.243. The van der Waals surface area contributed by atoms with Crippen LogP contribution in [0.25, 0.3) is 0 Å². The molecule has 0 unspecified atom stereocenters. The van der Waals surface area contributed by atoms with Crippen LogP contribution in [0.4, 0.5) is 0 Å². The van der Waals surface area contributed by atoms with E-state index in [-0.39, 0.29) is 23.6 Å². The number of ether oxygens (including phenoxy) is 1. The third kappa shape index (κ3) is 3.59. The van der Waals surface area contributed by atoms with Gasteiger partial charge in [0.2, 0.25) is 0 Å². The molecule has 7 nitrogen and oxygen atoms in total. The van der Waals surface area contributed by atoms with E-state index in [4.69, 9.17) is 10.00 Å². The lowest BCUT2D eigenvalue weighted by atomic mass is 10.0. The Hall–Kier alpha value is -3.24. The summed E-state index contributed by atoms with van der Waals surface area (Å²) in [5, 5.41) is 14.7. The van der Waals surface area contributed by atoms with Crippen LogP contribution < -0.4 is 10.6 Å². The number of hydrogen-bond donors (Lipinski definition) is 2. The van der Waals surface area contributed by atoms with Gasteiger partial charge in [-0.15, -0.1) is 0 Å². The van der Waals surface area contributed by atoms with Crippen molar-refractivity contribution in [3.8, 4) is 6.07 Å². The van der Waals surface area contributed by atoms with Crippen LogP contribution in [0.5, 0.6) is 0 Å². The molecule has 1 aromatic heterocycles. The third-order valence-electron chi connectivity index (χ3n) is 5.29. The number of nitriles is 1. The van der Waals surface area contributed by atoms with Gasteiger partial charge < -0.3 is 15.4 Å². The summed E-state index contributed by atoms with van der Waals surface area (Å²) in [7, 11) is 1.53. The highest BCUT2D eigenvalue weighted by Gasteiger charge is 2.54. The molecule has 1 aliphatic heterocycles. The van der Waals surface area contributed by atoms with Crippen molar-refractivity contribution in [3.63, 3.8) is 0 Å². The van der Waals surface area contributed by atoms with E-state index in [9.17, 15) is 9.59 Å². The van der Waals surface area contributed by atoms with E-state index in [1.807, 2.05) is 6.07 Å². The summed E-state index contributed by atoms with van der Waals surface area (Å²) in [6.07, 6.45) is 0.420. The average molecular weight is 376 g/mol. The van der Waals surface area contributed by atoms with E-state index in [1.165, 1.54) is 13.1 Å². The summed E-state index contributed by atoms with van der Waals surface area (Å²) in [6, 6.07) is 12.7. The largest absolute Gasteiger partial charge is 0.381 e. The van der Waals surface area contributed by atoms with Gasteiger partial charge in [-0.25, -0.2) is 4.98 Å². The molecule has 7 heteroatoms. The highest BCUT2D eigenvalue weighted by molar-refractivity contribution is 5.98. The zero-order valence-corrected chi connectivity index (χ0v) is 15.4. The van der Waals surface area contributed by atoms with Gasteiger partial charge in [-0.05, 0) is 29.8 Å². The first-order valence-corrected chi connectivity index (χ1v) is 9.19. The van der Waals surface area contributed by atoms with Gasteiger partial charge in [0.1, 0.15) is 5.69 Å². The minimum atomic E-state index is -0.349. The number of pyridine rings is 1. The monoisotopic (exact) mass is 376 g/mol. The smallest absolute Gasteiger partial charge is 0.269 e. The Labute approximate surface area is 162 Å². The first-order valence-electron chi connectivity index (χ1n) is 9.19. The predicted molar refractivity (Wildman–Crippen MR) is 101 cm³/mol. The molecule has 2 N–H and O–H groups in total. The first-order chi connectivity index (χ1) is 13.6. The quantitative estimate of drug-likeness (QED) is 0.818. The summed E-state index contributed by atoms with van der Waals surface area (Å²) >= 11 is 0. The van der Waals surface area contributed by atoms with Crippen molar-refractivity contribution in [2.75, 3.05) is 20.3 Å². The number of carbonyl (C=O) groups excluding carboxylic acids is 2. The number of rotatable bonds is 5. The average Bonchev–Trinajstić information content (AvgIpc) is 3.13. The summed E-state index contributed by atoms with van der Waals surface area (Å²) in [4.78, 5) is 29.3. The minimum absolute atomic E-state index is 0.147. The zero-order chi connectivity index (χ0) is 19.7. The molecule has 2 amide bonds. The van der Waals surface area contributed by atoms with Gasteiger partial charge in [0, 0.05) is 42.6 Å². The zero-order valence-electron chi connectivity index (χ0n) is 15.4. The Morgan fingerprint density at radius 3 is 2.71 bits per heavy atom. The molecule has 2 aromatic rings. The van der Waals surface area contributed by atoms with Gasteiger partial charge in [0.25, 0.3) is 11.8 Å². The van der Waals surface area contributed by atoms with Gasteiger partial charge in [-0.1, -0.05) is 12.1 Å². The molecule has 142 valence electrons. The molecular formula is C21H20N4O3. The highest BCUT2D eigenvalue weighted by Crippen LogP contribution is 2.44. The summed E-state index contributed by atoms with van der Waals surface area (Å²) in [5.41, 5.74) is 2.65. The lowest BCUT2D eigenvalue weighted by molar-refractivity contribution is 0.0928. The van der Waals surface area contributed by atoms with Crippen LogP contribution in [0, 0.1) is 23.2 Å². The molecule has 28 heavy (non-hydrogen) atoms. The van der Waals surface area contributed by atoms with Crippen molar-refractivity contribution in [2.45, 2.75) is 12.5 Å². The van der Waals surface area contributed by atoms with Crippen molar-refractivity contribution in [2.24, 2.45) is 11.8 Å². The molecule has 2 heterocycles. The maximum absolute atomic E-state index is 12.7. The summed E-state index contributed by atoms with van der Waals surface area (Å²) in [6.45, 7) is 1.38. The third-order valence-corrected chi connectivity index (χ3v) is 5.29. The van der Waals surface area contributed by atoms with Crippen LogP contribution in [0.2, 0.25) is 0 Å². The van der Waals surface area contributed by atoms with Gasteiger partial charge >= 0.3 is 0 Å². The number of aromatic nitrogens is 1. The van der Waals surface area contributed by atoms with Crippen LogP contribution in [0.1, 0.15) is 37.7 Å². The Morgan fingerprint density at radius 1 is 1.21 bits per heavy atom. The molecule has 0 bridgehead atoms. The van der Waals surface area contributed by atoms with E-state index < -0.39 is 0 Å². The van der Waals surface area contributed by atoms with Crippen molar-refractivity contribution < 1.29 is 14.3 Å². The number of nitrogens with one attached hydrogen (secondary N) is 2. The number of amides is 2. The Balaban J connectivity index is 1.58. The molecule has 2 fully saturated rings. The van der Waals surface area contributed by atoms with E-state index in [0.29, 0.717) is 48.3 Å². The normalized spacial score (nSPS) is 22.1. The molecule has 4 rings (SSSR count). The minimum Gasteiger partial charge on any atom is -0.381 e. The molecule has 1 saturated carbocycles. The summed E-state index contributed by atoms with van der Waals surface area (Å²) < 4.78 is 5.36. The maximum atomic E-state index is 12.7. The van der Waals surface area contributed by atoms with Crippen LogP contribution in [-0.4, -0.2) is 43.1 Å². The molecular weight excluding hydrogens is 356 g/mol. The van der Waals surface area contributed by atoms with Gasteiger partial charge in [0.15, 0.2) is 0 Å². The van der Waals surface area contributed by atoms with Crippen molar-refractivity contribution in [3.05, 3.63) is 64.5 Å². The molecule has 1 saturated heterocycles. The van der Waals surface area contributed by atoms with E-state index in [2.05, 4.69) is 21.7 Å².